The van der Waals surface area contributed by atoms with Crippen molar-refractivity contribution < 1.29 is 9.94 Å². The van der Waals surface area contributed by atoms with Gasteiger partial charge in [-0.3, -0.25) is 4.90 Å². The Morgan fingerprint density at radius 1 is 1.47 bits per heavy atom. The number of amidine groups is 1. The van der Waals surface area contributed by atoms with Crippen LogP contribution in [-0.4, -0.2) is 42.7 Å². The summed E-state index contributed by atoms with van der Waals surface area (Å²) in [6.07, 6.45) is 0. The smallest absolute Gasteiger partial charge is 0.153 e. The van der Waals surface area contributed by atoms with Crippen LogP contribution >= 0.6 is 15.9 Å². The minimum absolute atomic E-state index is 0.191. The Labute approximate surface area is 109 Å². The van der Waals surface area contributed by atoms with Gasteiger partial charge < -0.3 is 15.7 Å². The van der Waals surface area contributed by atoms with Crippen LogP contribution in [0.3, 0.4) is 0 Å². The van der Waals surface area contributed by atoms with E-state index < -0.39 is 0 Å². The van der Waals surface area contributed by atoms with E-state index in [-0.39, 0.29) is 5.84 Å². The van der Waals surface area contributed by atoms with Crippen LogP contribution in [-0.2, 0) is 0 Å². The van der Waals surface area contributed by atoms with E-state index in [1.54, 1.807) is 0 Å². The molecule has 0 heterocycles. The van der Waals surface area contributed by atoms with Gasteiger partial charge in [0, 0.05) is 11.0 Å². The van der Waals surface area contributed by atoms with Crippen molar-refractivity contribution in [2.75, 3.05) is 26.7 Å². The van der Waals surface area contributed by atoms with Crippen LogP contribution in [0.1, 0.15) is 0 Å². The first-order valence-electron chi connectivity index (χ1n) is 5.15. The summed E-state index contributed by atoms with van der Waals surface area (Å²) in [4.78, 5) is 1.91. The molecule has 0 fully saturated rings. The number of likely N-dealkylation sites (N-methyl/N-ethyl adjacent to an activating group) is 1. The van der Waals surface area contributed by atoms with Crippen LogP contribution < -0.4 is 10.5 Å². The first-order chi connectivity index (χ1) is 8.11. The van der Waals surface area contributed by atoms with E-state index >= 15 is 0 Å². The number of oxime groups is 1. The van der Waals surface area contributed by atoms with Crippen molar-refractivity contribution in [3.8, 4) is 5.75 Å². The summed E-state index contributed by atoms with van der Waals surface area (Å²) < 4.78 is 6.56. The third kappa shape index (κ3) is 5.55. The number of rotatable bonds is 6. The van der Waals surface area contributed by atoms with Crippen molar-refractivity contribution >= 4 is 21.8 Å². The summed E-state index contributed by atoms with van der Waals surface area (Å²) in [6, 6.07) is 7.64. The monoisotopic (exact) mass is 301 g/mol. The molecule has 0 saturated heterocycles. The molecule has 0 aliphatic heterocycles. The van der Waals surface area contributed by atoms with E-state index in [4.69, 9.17) is 15.7 Å². The molecule has 3 N–H and O–H groups in total. The lowest BCUT2D eigenvalue weighted by Gasteiger charge is -2.15. The van der Waals surface area contributed by atoms with Gasteiger partial charge in [0.05, 0.1) is 6.54 Å². The first-order valence-corrected chi connectivity index (χ1v) is 5.94. The van der Waals surface area contributed by atoms with Gasteiger partial charge in [-0.15, -0.1) is 0 Å². The molecule has 0 aliphatic carbocycles. The third-order valence-electron chi connectivity index (χ3n) is 2.12. The van der Waals surface area contributed by atoms with Gasteiger partial charge in [0.15, 0.2) is 5.84 Å². The molecule has 94 valence electrons. The molecule has 0 spiro atoms. The van der Waals surface area contributed by atoms with Crippen molar-refractivity contribution in [3.05, 3.63) is 28.7 Å². The molecular formula is C11H16BrN3O2. The topological polar surface area (TPSA) is 71.1 Å². The van der Waals surface area contributed by atoms with Crippen molar-refractivity contribution in [2.45, 2.75) is 0 Å². The van der Waals surface area contributed by atoms with E-state index in [9.17, 15) is 0 Å². The Kier molecular flexibility index (Phi) is 5.79. The third-order valence-corrected chi connectivity index (χ3v) is 2.64. The summed E-state index contributed by atoms with van der Waals surface area (Å²) in [5.41, 5.74) is 5.39. The fourth-order valence-corrected chi connectivity index (χ4v) is 1.50. The molecular weight excluding hydrogens is 286 g/mol. The number of nitrogens with two attached hydrogens (primary N) is 1. The maximum absolute atomic E-state index is 8.41. The predicted molar refractivity (Wildman–Crippen MR) is 70.5 cm³/mol. The standard InChI is InChI=1S/C11H16BrN3O2/c1-15(8-11(13)14-16)6-7-17-10-4-2-9(12)3-5-10/h2-5,16H,6-8H2,1H3,(H2,13,14). The summed E-state index contributed by atoms with van der Waals surface area (Å²) in [6.45, 7) is 1.67. The normalized spacial score (nSPS) is 11.8. The molecule has 0 bridgehead atoms. The van der Waals surface area contributed by atoms with E-state index in [2.05, 4.69) is 21.1 Å². The largest absolute Gasteiger partial charge is 0.492 e. The molecule has 0 aromatic heterocycles. The van der Waals surface area contributed by atoms with E-state index in [1.165, 1.54) is 0 Å². The molecule has 0 aliphatic rings. The minimum Gasteiger partial charge on any atom is -0.492 e. The lowest BCUT2D eigenvalue weighted by atomic mass is 10.3. The van der Waals surface area contributed by atoms with E-state index in [0.717, 1.165) is 10.2 Å². The molecule has 0 atom stereocenters. The number of halogens is 1. The number of hydrogen-bond acceptors (Lipinski definition) is 4. The lowest BCUT2D eigenvalue weighted by Crippen LogP contribution is -2.33. The Morgan fingerprint density at radius 3 is 2.71 bits per heavy atom. The predicted octanol–water partition coefficient (Wildman–Crippen LogP) is 1.51. The summed E-state index contributed by atoms with van der Waals surface area (Å²) in [5.74, 6) is 1.02. The lowest BCUT2D eigenvalue weighted by molar-refractivity contribution is 0.249. The van der Waals surface area contributed by atoms with Crippen LogP contribution in [0.4, 0.5) is 0 Å². The van der Waals surface area contributed by atoms with Gasteiger partial charge in [-0.2, -0.15) is 0 Å². The molecule has 1 aromatic rings. The highest BCUT2D eigenvalue weighted by molar-refractivity contribution is 9.10. The van der Waals surface area contributed by atoms with Gasteiger partial charge in [0.2, 0.25) is 0 Å². The number of nitrogens with zero attached hydrogens (tertiary/aromatic N) is 2. The van der Waals surface area contributed by atoms with Crippen molar-refractivity contribution in [3.63, 3.8) is 0 Å². The van der Waals surface area contributed by atoms with E-state index in [1.807, 2.05) is 36.2 Å². The quantitative estimate of drug-likeness (QED) is 0.362. The van der Waals surface area contributed by atoms with Crippen LogP contribution in [0, 0.1) is 0 Å². The van der Waals surface area contributed by atoms with Crippen molar-refractivity contribution in [2.24, 2.45) is 10.9 Å². The molecule has 0 saturated carbocycles. The molecule has 17 heavy (non-hydrogen) atoms. The minimum atomic E-state index is 0.191. The zero-order chi connectivity index (χ0) is 12.7. The second-order valence-corrected chi connectivity index (χ2v) is 4.55. The second kappa shape index (κ2) is 7.13. The van der Waals surface area contributed by atoms with Crippen LogP contribution in [0.25, 0.3) is 0 Å². The van der Waals surface area contributed by atoms with Crippen LogP contribution in [0.2, 0.25) is 0 Å². The van der Waals surface area contributed by atoms with Gasteiger partial charge in [0.1, 0.15) is 12.4 Å². The zero-order valence-corrected chi connectivity index (χ0v) is 11.2. The van der Waals surface area contributed by atoms with Gasteiger partial charge in [-0.25, -0.2) is 0 Å². The number of benzene rings is 1. The zero-order valence-electron chi connectivity index (χ0n) is 9.64. The van der Waals surface area contributed by atoms with Gasteiger partial charge in [-0.05, 0) is 31.3 Å². The fourth-order valence-electron chi connectivity index (χ4n) is 1.24. The fraction of sp³-hybridized carbons (Fsp3) is 0.364. The molecule has 5 nitrogen and oxygen atoms in total. The highest BCUT2D eigenvalue weighted by Gasteiger charge is 2.01. The van der Waals surface area contributed by atoms with Crippen LogP contribution in [0.5, 0.6) is 5.75 Å². The Balaban J connectivity index is 2.25. The van der Waals surface area contributed by atoms with Crippen LogP contribution in [0.15, 0.2) is 33.9 Å². The Morgan fingerprint density at radius 2 is 2.12 bits per heavy atom. The summed E-state index contributed by atoms with van der Waals surface area (Å²) in [7, 11) is 1.88. The van der Waals surface area contributed by atoms with Gasteiger partial charge in [-0.1, -0.05) is 21.1 Å². The second-order valence-electron chi connectivity index (χ2n) is 3.63. The van der Waals surface area contributed by atoms with Crippen molar-refractivity contribution in [1.82, 2.24) is 4.90 Å². The average Bonchev–Trinajstić information content (AvgIpc) is 2.31. The molecule has 0 amide bonds. The molecule has 0 radical (unpaired) electrons. The average molecular weight is 302 g/mol. The van der Waals surface area contributed by atoms with Crippen molar-refractivity contribution in [1.29, 1.82) is 0 Å². The SMILES string of the molecule is CN(CCOc1ccc(Br)cc1)CC(N)=NO. The van der Waals surface area contributed by atoms with Gasteiger partial charge >= 0.3 is 0 Å². The maximum atomic E-state index is 8.41. The molecule has 6 heteroatoms. The summed E-state index contributed by atoms with van der Waals surface area (Å²) >= 11 is 3.36. The van der Waals surface area contributed by atoms with Gasteiger partial charge in [0.25, 0.3) is 0 Å². The Bertz CT molecular complexity index is 367. The Hall–Kier alpha value is -1.27. The maximum Gasteiger partial charge on any atom is 0.153 e. The molecule has 1 aromatic carbocycles. The summed E-state index contributed by atoms with van der Waals surface area (Å²) in [5, 5.41) is 11.3. The number of hydrogen-bond donors (Lipinski definition) is 2. The molecule has 0 unspecified atom stereocenters. The number of ether oxygens (including phenoxy) is 1. The first kappa shape index (κ1) is 13.8. The van der Waals surface area contributed by atoms with E-state index in [0.29, 0.717) is 19.7 Å². The highest BCUT2D eigenvalue weighted by atomic mass is 79.9. The highest BCUT2D eigenvalue weighted by Crippen LogP contribution is 2.15. The molecule has 1 rings (SSSR count).